The van der Waals surface area contributed by atoms with E-state index in [9.17, 15) is 10.1 Å². The summed E-state index contributed by atoms with van der Waals surface area (Å²) >= 11 is 0. The Morgan fingerprint density at radius 1 is 1.39 bits per heavy atom. The van der Waals surface area contributed by atoms with E-state index in [1.54, 1.807) is 24.0 Å². The number of rotatable bonds is 7. The maximum atomic E-state index is 10.5. The highest BCUT2D eigenvalue weighted by Crippen LogP contribution is 2.31. The first-order chi connectivity index (χ1) is 11.2. The quantitative estimate of drug-likeness (QED) is 0.315. The van der Waals surface area contributed by atoms with Crippen LogP contribution >= 0.6 is 21.6 Å². The lowest BCUT2D eigenvalue weighted by Gasteiger charge is -2.28. The Balaban J connectivity index is 0.00000127. The molecule has 23 heavy (non-hydrogen) atoms. The van der Waals surface area contributed by atoms with E-state index in [1.165, 1.54) is 23.1 Å². The van der Waals surface area contributed by atoms with Crippen molar-refractivity contribution >= 4 is 27.3 Å². The summed E-state index contributed by atoms with van der Waals surface area (Å²) in [4.78, 5) is 14.1. The van der Waals surface area contributed by atoms with Gasteiger partial charge in [0.1, 0.15) is 11.2 Å². The van der Waals surface area contributed by atoms with Crippen LogP contribution in [0.1, 0.15) is 20.3 Å². The van der Waals surface area contributed by atoms with Gasteiger partial charge < -0.3 is 14.2 Å². The zero-order valence-electron chi connectivity index (χ0n) is 13.5. The van der Waals surface area contributed by atoms with Gasteiger partial charge in [-0.2, -0.15) is 0 Å². The van der Waals surface area contributed by atoms with Crippen LogP contribution in [0.15, 0.2) is 23.4 Å². The molecular formula is C14H22N2O5S2. The van der Waals surface area contributed by atoms with Crippen molar-refractivity contribution in [3.05, 3.63) is 28.4 Å². The molecule has 0 bridgehead atoms. The molecule has 2 heterocycles. The third-order valence-electron chi connectivity index (χ3n) is 2.80. The number of ether oxygens (including phenoxy) is 3. The SMILES string of the molecule is CC.CO[C@H]1COC(CCSSc2ccc([N+](=O)[O-])cn2)CO1. The molecular weight excluding hydrogens is 340 g/mol. The molecule has 0 saturated carbocycles. The molecule has 9 heteroatoms. The van der Waals surface area contributed by atoms with Gasteiger partial charge in [-0.05, 0) is 23.3 Å². The van der Waals surface area contributed by atoms with Crippen molar-refractivity contribution in [2.75, 3.05) is 26.1 Å². The summed E-state index contributed by atoms with van der Waals surface area (Å²) in [6.45, 7) is 5.00. The smallest absolute Gasteiger partial charge is 0.287 e. The number of nitro groups is 1. The van der Waals surface area contributed by atoms with Gasteiger partial charge in [0.05, 0.1) is 24.2 Å². The molecule has 1 saturated heterocycles. The fraction of sp³-hybridized carbons (Fsp3) is 0.643. The van der Waals surface area contributed by atoms with Crippen molar-refractivity contribution in [2.45, 2.75) is 37.7 Å². The summed E-state index contributed by atoms with van der Waals surface area (Å²) in [5.74, 6) is 0.884. The lowest BCUT2D eigenvalue weighted by Crippen LogP contribution is -2.36. The lowest BCUT2D eigenvalue weighted by atomic mass is 10.3. The Morgan fingerprint density at radius 2 is 2.17 bits per heavy atom. The van der Waals surface area contributed by atoms with Crippen molar-refractivity contribution in [1.29, 1.82) is 0 Å². The zero-order valence-corrected chi connectivity index (χ0v) is 15.1. The Morgan fingerprint density at radius 3 is 2.70 bits per heavy atom. The van der Waals surface area contributed by atoms with Crippen molar-refractivity contribution < 1.29 is 19.1 Å². The molecule has 0 amide bonds. The second kappa shape index (κ2) is 11.6. The van der Waals surface area contributed by atoms with E-state index >= 15 is 0 Å². The van der Waals surface area contributed by atoms with Gasteiger partial charge in [-0.3, -0.25) is 10.1 Å². The van der Waals surface area contributed by atoms with Crippen LogP contribution in [0.2, 0.25) is 0 Å². The van der Waals surface area contributed by atoms with E-state index < -0.39 is 4.92 Å². The van der Waals surface area contributed by atoms with Crippen LogP contribution in [-0.4, -0.2) is 48.4 Å². The van der Waals surface area contributed by atoms with E-state index in [1.807, 2.05) is 13.8 Å². The first-order valence-corrected chi connectivity index (χ1v) is 9.67. The van der Waals surface area contributed by atoms with Gasteiger partial charge in [0.15, 0.2) is 6.29 Å². The summed E-state index contributed by atoms with van der Waals surface area (Å²) in [6.07, 6.45) is 1.98. The predicted molar refractivity (Wildman–Crippen MR) is 91.7 cm³/mol. The van der Waals surface area contributed by atoms with Gasteiger partial charge in [0.25, 0.3) is 5.69 Å². The molecule has 0 radical (unpaired) electrons. The Kier molecular flexibility index (Phi) is 10.2. The summed E-state index contributed by atoms with van der Waals surface area (Å²) in [7, 11) is 4.73. The van der Waals surface area contributed by atoms with Gasteiger partial charge in [-0.1, -0.05) is 24.6 Å². The lowest BCUT2D eigenvalue weighted by molar-refractivity contribution is -0.385. The number of hydrogen-bond acceptors (Lipinski definition) is 8. The van der Waals surface area contributed by atoms with Crippen LogP contribution in [0.3, 0.4) is 0 Å². The normalized spacial score (nSPS) is 20.5. The number of aromatic nitrogens is 1. The molecule has 130 valence electrons. The van der Waals surface area contributed by atoms with E-state index in [2.05, 4.69) is 4.98 Å². The van der Waals surface area contributed by atoms with E-state index in [0.717, 1.165) is 17.2 Å². The van der Waals surface area contributed by atoms with Gasteiger partial charge in [0.2, 0.25) is 0 Å². The maximum absolute atomic E-state index is 10.5. The molecule has 1 aliphatic rings. The molecule has 7 nitrogen and oxygen atoms in total. The van der Waals surface area contributed by atoms with Crippen LogP contribution in [-0.2, 0) is 14.2 Å². The third-order valence-corrected chi connectivity index (χ3v) is 5.10. The highest BCUT2D eigenvalue weighted by atomic mass is 33.1. The minimum atomic E-state index is -0.456. The summed E-state index contributed by atoms with van der Waals surface area (Å²) in [5, 5.41) is 11.3. The molecule has 1 fully saturated rings. The Hall–Kier alpha value is -0.870. The molecule has 2 atom stereocenters. The van der Waals surface area contributed by atoms with E-state index in [0.29, 0.717) is 13.2 Å². The maximum Gasteiger partial charge on any atom is 0.287 e. The van der Waals surface area contributed by atoms with Crippen LogP contribution in [0.5, 0.6) is 0 Å². The largest absolute Gasteiger partial charge is 0.371 e. The highest BCUT2D eigenvalue weighted by molar-refractivity contribution is 8.76. The van der Waals surface area contributed by atoms with Gasteiger partial charge in [0, 0.05) is 18.9 Å². The number of hydrogen-bond donors (Lipinski definition) is 0. The number of nitrogens with zero attached hydrogens (tertiary/aromatic N) is 2. The monoisotopic (exact) mass is 362 g/mol. The van der Waals surface area contributed by atoms with Crippen LogP contribution in [0.4, 0.5) is 5.69 Å². The number of methoxy groups -OCH3 is 1. The summed E-state index contributed by atoms with van der Waals surface area (Å²) < 4.78 is 16.1. The molecule has 2 rings (SSSR count). The molecule has 0 aromatic carbocycles. The second-order valence-corrected chi connectivity index (χ2v) is 6.70. The number of pyridine rings is 1. The topological polar surface area (TPSA) is 83.7 Å². The fourth-order valence-corrected chi connectivity index (χ4v) is 3.62. The minimum absolute atomic E-state index is 0.00445. The first kappa shape index (κ1) is 20.2. The van der Waals surface area contributed by atoms with Crippen molar-refractivity contribution in [3.63, 3.8) is 0 Å². The molecule has 0 spiro atoms. The molecule has 1 unspecified atom stereocenters. The van der Waals surface area contributed by atoms with E-state index in [4.69, 9.17) is 14.2 Å². The van der Waals surface area contributed by atoms with Crippen LogP contribution in [0, 0.1) is 10.1 Å². The van der Waals surface area contributed by atoms with Crippen molar-refractivity contribution in [3.8, 4) is 0 Å². The van der Waals surface area contributed by atoms with Crippen molar-refractivity contribution in [2.24, 2.45) is 0 Å². The van der Waals surface area contributed by atoms with Crippen molar-refractivity contribution in [1.82, 2.24) is 4.98 Å². The molecule has 1 aromatic rings. The fourth-order valence-electron chi connectivity index (χ4n) is 1.64. The Bertz CT molecular complexity index is 453. The third kappa shape index (κ3) is 7.49. The van der Waals surface area contributed by atoms with Gasteiger partial charge in [-0.15, -0.1) is 0 Å². The Labute approximate surface area is 144 Å². The standard InChI is InChI=1S/C12H16N2O5S2.C2H6/c1-17-12-8-18-10(7-19-12)4-5-20-21-11-3-2-9(6-13-11)14(15)16;1-2/h2-3,6,10,12H,4-5,7-8H2,1H3;1-2H3/t10?,12-;/m1./s1. The molecule has 0 N–H and O–H groups in total. The van der Waals surface area contributed by atoms with E-state index in [-0.39, 0.29) is 18.1 Å². The molecule has 0 aliphatic carbocycles. The molecule has 1 aromatic heterocycles. The highest BCUT2D eigenvalue weighted by Gasteiger charge is 2.21. The summed E-state index contributed by atoms with van der Waals surface area (Å²) in [6, 6.07) is 3.11. The van der Waals surface area contributed by atoms with Crippen LogP contribution in [0.25, 0.3) is 0 Å². The minimum Gasteiger partial charge on any atom is -0.371 e. The zero-order chi connectivity index (χ0) is 17.1. The average Bonchev–Trinajstić information content (AvgIpc) is 2.61. The first-order valence-electron chi connectivity index (χ1n) is 7.35. The predicted octanol–water partition coefficient (Wildman–Crippen LogP) is 3.53. The van der Waals surface area contributed by atoms with Gasteiger partial charge >= 0.3 is 0 Å². The average molecular weight is 362 g/mol. The molecule has 1 aliphatic heterocycles. The summed E-state index contributed by atoms with van der Waals surface area (Å²) in [5.41, 5.74) is 0.00445. The van der Waals surface area contributed by atoms with Crippen LogP contribution < -0.4 is 0 Å². The van der Waals surface area contributed by atoms with Gasteiger partial charge in [-0.25, -0.2) is 4.98 Å². The second-order valence-electron chi connectivity index (χ2n) is 4.26.